The Morgan fingerprint density at radius 1 is 1.22 bits per heavy atom. The summed E-state index contributed by atoms with van der Waals surface area (Å²) in [5, 5.41) is 13.9. The highest BCUT2D eigenvalue weighted by Gasteiger charge is 2.41. The first-order valence-corrected chi connectivity index (χ1v) is 14.4. The van der Waals surface area contributed by atoms with Gasteiger partial charge in [0, 0.05) is 31.5 Å². The predicted octanol–water partition coefficient (Wildman–Crippen LogP) is 1.84. The van der Waals surface area contributed by atoms with Gasteiger partial charge in [-0.3, -0.25) is 28.7 Å². The number of aliphatic hydroxyl groups excluding tert-OH is 1. The van der Waals surface area contributed by atoms with Crippen LogP contribution in [-0.4, -0.2) is 75.7 Å². The van der Waals surface area contributed by atoms with Gasteiger partial charge in [-0.15, -0.1) is 0 Å². The number of aromatic nitrogens is 2. The molecule has 0 amide bonds. The number of hydrogen-bond acceptors (Lipinski definition) is 9. The molecule has 3 aliphatic rings. The minimum atomic E-state index is -3.72. The van der Waals surface area contributed by atoms with E-state index in [1.54, 1.807) is 4.67 Å². The van der Waals surface area contributed by atoms with Gasteiger partial charge in [-0.05, 0) is 40.0 Å². The van der Waals surface area contributed by atoms with Gasteiger partial charge in [-0.1, -0.05) is 6.42 Å². The van der Waals surface area contributed by atoms with Crippen LogP contribution in [0.25, 0.3) is 0 Å². The Bertz CT molecular complexity index is 1090. The molecule has 3 aliphatic heterocycles. The Balaban J connectivity index is 1.38. The molecule has 0 radical (unpaired) electrons. The molecule has 0 aromatic carbocycles. The maximum Gasteiger partial charge on any atom is 0.408 e. The summed E-state index contributed by atoms with van der Waals surface area (Å²) in [6, 6.07) is 0. The van der Waals surface area contributed by atoms with Crippen LogP contribution in [0.3, 0.4) is 0 Å². The lowest BCUT2D eigenvalue weighted by molar-refractivity contribution is -0.0944. The molecule has 14 heteroatoms. The number of rotatable bonds is 9. The zero-order valence-electron chi connectivity index (χ0n) is 21.6. The number of halogens is 1. The van der Waals surface area contributed by atoms with Crippen molar-refractivity contribution in [1.29, 1.82) is 0 Å². The second-order valence-electron chi connectivity index (χ2n) is 10.6. The fourth-order valence-electron chi connectivity index (χ4n) is 5.19. The average Bonchev–Trinajstić information content (AvgIpc) is 3.19. The molecule has 0 spiro atoms. The quantitative estimate of drug-likeness (QED) is 0.391. The minimum absolute atomic E-state index is 0.0348. The van der Waals surface area contributed by atoms with E-state index in [0.29, 0.717) is 19.5 Å². The van der Waals surface area contributed by atoms with Crippen molar-refractivity contribution < 1.29 is 32.6 Å². The number of ether oxygens (including phenoxy) is 2. The van der Waals surface area contributed by atoms with Crippen molar-refractivity contribution in [3.8, 4) is 0 Å². The molecule has 6 unspecified atom stereocenters. The Labute approximate surface area is 215 Å². The molecule has 12 nitrogen and oxygen atoms in total. The van der Waals surface area contributed by atoms with Crippen LogP contribution in [0.15, 0.2) is 15.8 Å². The number of nitrogens with zero attached hydrogens (tertiary/aromatic N) is 2. The Morgan fingerprint density at radius 2 is 1.95 bits per heavy atom. The second kappa shape index (κ2) is 11.7. The third kappa shape index (κ3) is 7.15. The molecule has 6 atom stereocenters. The molecule has 3 N–H and O–H groups in total. The lowest BCUT2D eigenvalue weighted by atomic mass is 9.95. The van der Waals surface area contributed by atoms with Crippen molar-refractivity contribution in [2.45, 2.75) is 95.6 Å². The second-order valence-corrected chi connectivity index (χ2v) is 12.7. The molecular formula is C23H38FN4O8P. The summed E-state index contributed by atoms with van der Waals surface area (Å²) < 4.78 is 53.6. The number of nitrogens with one attached hydrogen (secondary N) is 2. The van der Waals surface area contributed by atoms with Gasteiger partial charge in [-0.2, -0.15) is 4.39 Å². The van der Waals surface area contributed by atoms with E-state index in [2.05, 4.69) is 19.2 Å². The number of hydrogen-bond donors (Lipinski definition) is 3. The average molecular weight is 549 g/mol. The van der Waals surface area contributed by atoms with Crippen LogP contribution in [0.2, 0.25) is 0 Å². The predicted molar refractivity (Wildman–Crippen MR) is 132 cm³/mol. The third-order valence-corrected chi connectivity index (χ3v) is 8.98. The van der Waals surface area contributed by atoms with E-state index in [-0.39, 0.29) is 37.5 Å². The summed E-state index contributed by atoms with van der Waals surface area (Å²) >= 11 is 0. The summed E-state index contributed by atoms with van der Waals surface area (Å²) in [4.78, 5) is 25.3. The van der Waals surface area contributed by atoms with Crippen molar-refractivity contribution in [2.75, 3.05) is 26.3 Å². The van der Waals surface area contributed by atoms with Crippen LogP contribution >= 0.6 is 7.75 Å². The van der Waals surface area contributed by atoms with Crippen LogP contribution < -0.4 is 16.6 Å². The Kier molecular flexibility index (Phi) is 9.07. The van der Waals surface area contributed by atoms with Gasteiger partial charge in [0.1, 0.15) is 18.6 Å². The first kappa shape index (κ1) is 28.6. The maximum absolute atomic E-state index is 13.9. The highest BCUT2D eigenvalue weighted by molar-refractivity contribution is 7.51. The molecule has 4 rings (SSSR count). The number of H-pyrrole nitrogens is 1. The van der Waals surface area contributed by atoms with E-state index in [1.807, 2.05) is 11.9 Å². The molecule has 210 valence electrons. The van der Waals surface area contributed by atoms with Crippen molar-refractivity contribution in [3.63, 3.8) is 0 Å². The van der Waals surface area contributed by atoms with Crippen LogP contribution in [0.5, 0.6) is 0 Å². The normalized spacial score (nSPS) is 32.3. The number of aromatic amines is 1. The Morgan fingerprint density at radius 3 is 2.65 bits per heavy atom. The zero-order valence-corrected chi connectivity index (χ0v) is 22.5. The lowest BCUT2D eigenvalue weighted by Crippen LogP contribution is -2.55. The molecule has 0 aliphatic carbocycles. The van der Waals surface area contributed by atoms with Crippen LogP contribution in [-0.2, 0) is 23.1 Å². The standard InChI is InChI=1S/C23H38FN4O8P/c1-15-12-23(2,3)26-19(35-15)7-10-33-37(32,27-8-5-4-6-9-27)34-14-18-17(29)11-20(36-18)28-13-16(24)21(30)25-22(28)31/h13,15,17-20,26,29H,4-12,14H2,1-3H3,(H,25,30,31). The molecule has 3 fully saturated rings. The first-order chi connectivity index (χ1) is 17.5. The van der Waals surface area contributed by atoms with Crippen LogP contribution in [0, 0.1) is 5.82 Å². The first-order valence-electron chi connectivity index (χ1n) is 12.9. The van der Waals surface area contributed by atoms with Gasteiger partial charge >= 0.3 is 13.4 Å². The number of aliphatic hydroxyl groups is 1. The minimum Gasteiger partial charge on any atom is -0.390 e. The van der Waals surface area contributed by atoms with Gasteiger partial charge in [0.05, 0.1) is 31.6 Å². The molecular weight excluding hydrogens is 510 g/mol. The van der Waals surface area contributed by atoms with Gasteiger partial charge in [0.25, 0.3) is 5.56 Å². The smallest absolute Gasteiger partial charge is 0.390 e. The Hall–Kier alpha value is -1.44. The molecule has 1 aromatic heterocycles. The third-order valence-electron chi connectivity index (χ3n) is 6.90. The fourth-order valence-corrected chi connectivity index (χ4v) is 7.04. The van der Waals surface area contributed by atoms with Gasteiger partial charge in [0.15, 0.2) is 0 Å². The largest absolute Gasteiger partial charge is 0.408 e. The monoisotopic (exact) mass is 548 g/mol. The zero-order chi connectivity index (χ0) is 26.8. The topological polar surface area (TPSA) is 144 Å². The fraction of sp³-hybridized carbons (Fsp3) is 0.826. The van der Waals surface area contributed by atoms with Crippen molar-refractivity contribution in [1.82, 2.24) is 19.5 Å². The molecule has 0 bridgehead atoms. The summed E-state index contributed by atoms with van der Waals surface area (Å²) in [6.45, 7) is 7.23. The van der Waals surface area contributed by atoms with E-state index < -0.39 is 43.2 Å². The molecule has 4 heterocycles. The summed E-state index contributed by atoms with van der Waals surface area (Å²) in [5.41, 5.74) is -2.08. The molecule has 0 saturated carbocycles. The van der Waals surface area contributed by atoms with E-state index in [1.165, 1.54) is 0 Å². The van der Waals surface area contributed by atoms with Crippen LogP contribution in [0.4, 0.5) is 4.39 Å². The van der Waals surface area contributed by atoms with Crippen molar-refractivity contribution >= 4 is 7.75 Å². The van der Waals surface area contributed by atoms with E-state index in [4.69, 9.17) is 18.5 Å². The maximum atomic E-state index is 13.9. The van der Waals surface area contributed by atoms with Crippen molar-refractivity contribution in [2.24, 2.45) is 0 Å². The number of piperidine rings is 1. The summed E-state index contributed by atoms with van der Waals surface area (Å²) in [7, 11) is -3.72. The highest BCUT2D eigenvalue weighted by Crippen LogP contribution is 2.53. The van der Waals surface area contributed by atoms with Gasteiger partial charge < -0.3 is 14.6 Å². The molecule has 3 saturated heterocycles. The summed E-state index contributed by atoms with van der Waals surface area (Å²) in [5.74, 6) is -1.14. The van der Waals surface area contributed by atoms with Gasteiger partial charge in [0.2, 0.25) is 5.82 Å². The van der Waals surface area contributed by atoms with Crippen molar-refractivity contribution in [3.05, 3.63) is 32.9 Å². The van der Waals surface area contributed by atoms with E-state index >= 15 is 0 Å². The van der Waals surface area contributed by atoms with Gasteiger partial charge in [-0.25, -0.2) is 14.0 Å². The molecule has 37 heavy (non-hydrogen) atoms. The SMILES string of the molecule is CC1CC(C)(C)NC(CCOP(=O)(OCC2OC(n3cc(F)c(=O)[nH]c3=O)CC2O)N2CCCCC2)O1. The van der Waals surface area contributed by atoms with E-state index in [9.17, 15) is 23.7 Å². The summed E-state index contributed by atoms with van der Waals surface area (Å²) in [6.07, 6.45) is 1.64. The molecule has 1 aromatic rings. The highest BCUT2D eigenvalue weighted by atomic mass is 31.2. The van der Waals surface area contributed by atoms with Crippen LogP contribution in [0.1, 0.15) is 65.5 Å². The van der Waals surface area contributed by atoms with E-state index in [0.717, 1.165) is 36.4 Å². The lowest BCUT2D eigenvalue weighted by Gasteiger charge is -2.41.